The summed E-state index contributed by atoms with van der Waals surface area (Å²) in [6.45, 7) is 13.3. The molecule has 0 aromatic rings. The minimum atomic E-state index is -0.0318. The SMILES string of the molecule is CN(CCC(C)(C)C)CCC(C)(C)N. The van der Waals surface area contributed by atoms with Crippen LogP contribution < -0.4 is 5.73 Å². The Bertz CT molecular complexity index is 133. The second kappa shape index (κ2) is 5.13. The monoisotopic (exact) mass is 200 g/mol. The standard InChI is InChI=1S/C12H28N2/c1-11(2,3)7-9-14(6)10-8-12(4,5)13/h7-10,13H2,1-6H3. The summed E-state index contributed by atoms with van der Waals surface area (Å²) in [6.07, 6.45) is 2.31. The summed E-state index contributed by atoms with van der Waals surface area (Å²) in [6, 6.07) is 0. The Kier molecular flexibility index (Phi) is 5.10. The van der Waals surface area contributed by atoms with Crippen LogP contribution in [0.5, 0.6) is 0 Å². The topological polar surface area (TPSA) is 29.3 Å². The van der Waals surface area contributed by atoms with Crippen molar-refractivity contribution in [3.05, 3.63) is 0 Å². The molecule has 0 radical (unpaired) electrons. The van der Waals surface area contributed by atoms with E-state index in [9.17, 15) is 0 Å². The number of nitrogens with zero attached hydrogens (tertiary/aromatic N) is 1. The predicted molar refractivity (Wildman–Crippen MR) is 64.5 cm³/mol. The second-order valence-electron chi connectivity index (χ2n) is 6.35. The normalized spacial score (nSPS) is 13.7. The highest BCUT2D eigenvalue weighted by atomic mass is 15.1. The fraction of sp³-hybridized carbons (Fsp3) is 1.00. The molecule has 0 atom stereocenters. The third-order valence-corrected chi connectivity index (χ3v) is 2.38. The van der Waals surface area contributed by atoms with Gasteiger partial charge in [0.15, 0.2) is 0 Å². The average Bonchev–Trinajstić information content (AvgIpc) is 1.94. The van der Waals surface area contributed by atoms with E-state index in [1.54, 1.807) is 0 Å². The fourth-order valence-corrected chi connectivity index (χ4v) is 1.12. The molecule has 0 aromatic heterocycles. The second-order valence-corrected chi connectivity index (χ2v) is 6.35. The summed E-state index contributed by atoms with van der Waals surface area (Å²) >= 11 is 0. The molecule has 2 N–H and O–H groups in total. The Hall–Kier alpha value is -0.0800. The van der Waals surface area contributed by atoms with E-state index in [0.29, 0.717) is 5.41 Å². The molecule has 0 spiro atoms. The largest absolute Gasteiger partial charge is 0.326 e. The van der Waals surface area contributed by atoms with E-state index in [1.165, 1.54) is 13.0 Å². The summed E-state index contributed by atoms with van der Waals surface area (Å²) in [5.41, 5.74) is 6.34. The van der Waals surface area contributed by atoms with Crippen LogP contribution in [-0.2, 0) is 0 Å². The van der Waals surface area contributed by atoms with Crippen molar-refractivity contribution in [3.63, 3.8) is 0 Å². The molecule has 0 bridgehead atoms. The van der Waals surface area contributed by atoms with Crippen LogP contribution in [0, 0.1) is 5.41 Å². The first-order valence-corrected chi connectivity index (χ1v) is 5.58. The molecule has 0 aliphatic carbocycles. The van der Waals surface area contributed by atoms with Gasteiger partial charge in [0.05, 0.1) is 0 Å². The molecule has 0 saturated carbocycles. The Balaban J connectivity index is 3.62. The molecule has 2 heteroatoms. The van der Waals surface area contributed by atoms with Crippen LogP contribution in [0.15, 0.2) is 0 Å². The van der Waals surface area contributed by atoms with Crippen LogP contribution in [0.2, 0.25) is 0 Å². The summed E-state index contributed by atoms with van der Waals surface area (Å²) in [5.74, 6) is 0. The molecular weight excluding hydrogens is 172 g/mol. The maximum atomic E-state index is 5.94. The van der Waals surface area contributed by atoms with Crippen LogP contribution in [0.3, 0.4) is 0 Å². The quantitative estimate of drug-likeness (QED) is 0.739. The molecule has 0 rings (SSSR count). The Morgan fingerprint density at radius 1 is 0.929 bits per heavy atom. The van der Waals surface area contributed by atoms with Gasteiger partial charge in [-0.05, 0) is 52.2 Å². The summed E-state index contributed by atoms with van der Waals surface area (Å²) in [7, 11) is 2.18. The molecule has 86 valence electrons. The molecule has 0 aliphatic rings. The number of hydrogen-bond donors (Lipinski definition) is 1. The molecule has 2 nitrogen and oxygen atoms in total. The zero-order valence-corrected chi connectivity index (χ0v) is 10.9. The summed E-state index contributed by atoms with van der Waals surface area (Å²) < 4.78 is 0. The van der Waals surface area contributed by atoms with Gasteiger partial charge in [0.1, 0.15) is 0 Å². The molecule has 0 heterocycles. The van der Waals surface area contributed by atoms with E-state index in [2.05, 4.69) is 46.6 Å². The van der Waals surface area contributed by atoms with Gasteiger partial charge in [0.25, 0.3) is 0 Å². The van der Waals surface area contributed by atoms with Gasteiger partial charge in [-0.15, -0.1) is 0 Å². The number of hydrogen-bond acceptors (Lipinski definition) is 2. The highest BCUT2D eigenvalue weighted by Gasteiger charge is 2.14. The first kappa shape index (κ1) is 13.9. The van der Waals surface area contributed by atoms with Crippen molar-refractivity contribution < 1.29 is 0 Å². The first-order chi connectivity index (χ1) is 6.10. The van der Waals surface area contributed by atoms with Crippen molar-refractivity contribution in [3.8, 4) is 0 Å². The smallest absolute Gasteiger partial charge is 0.0109 e. The van der Waals surface area contributed by atoms with Gasteiger partial charge in [-0.1, -0.05) is 20.8 Å². The maximum absolute atomic E-state index is 5.94. The summed E-state index contributed by atoms with van der Waals surface area (Å²) in [5, 5.41) is 0. The first-order valence-electron chi connectivity index (χ1n) is 5.58. The van der Waals surface area contributed by atoms with Crippen molar-refractivity contribution in [2.45, 2.75) is 53.0 Å². The molecule has 0 fully saturated rings. The van der Waals surface area contributed by atoms with Gasteiger partial charge in [0, 0.05) is 5.54 Å². The Labute approximate surface area is 89.9 Å². The van der Waals surface area contributed by atoms with Gasteiger partial charge < -0.3 is 10.6 Å². The van der Waals surface area contributed by atoms with E-state index < -0.39 is 0 Å². The lowest BCUT2D eigenvalue weighted by molar-refractivity contribution is 0.247. The van der Waals surface area contributed by atoms with E-state index in [0.717, 1.165) is 13.0 Å². The minimum absolute atomic E-state index is 0.0318. The van der Waals surface area contributed by atoms with Gasteiger partial charge >= 0.3 is 0 Å². The van der Waals surface area contributed by atoms with E-state index in [1.807, 2.05) is 0 Å². The zero-order chi connectivity index (χ0) is 11.4. The molecule has 0 amide bonds. The van der Waals surface area contributed by atoms with Crippen LogP contribution in [0.1, 0.15) is 47.5 Å². The fourth-order valence-electron chi connectivity index (χ4n) is 1.12. The van der Waals surface area contributed by atoms with Gasteiger partial charge in [-0.2, -0.15) is 0 Å². The lowest BCUT2D eigenvalue weighted by atomic mass is 9.92. The van der Waals surface area contributed by atoms with Crippen molar-refractivity contribution in [2.24, 2.45) is 11.1 Å². The Morgan fingerprint density at radius 2 is 1.36 bits per heavy atom. The number of nitrogens with two attached hydrogens (primary N) is 1. The van der Waals surface area contributed by atoms with Crippen LogP contribution in [0.25, 0.3) is 0 Å². The van der Waals surface area contributed by atoms with Crippen molar-refractivity contribution in [2.75, 3.05) is 20.1 Å². The van der Waals surface area contributed by atoms with E-state index in [-0.39, 0.29) is 5.54 Å². The molecule has 0 aromatic carbocycles. The number of rotatable bonds is 5. The molecule has 14 heavy (non-hydrogen) atoms. The molecule has 0 unspecified atom stereocenters. The average molecular weight is 200 g/mol. The van der Waals surface area contributed by atoms with E-state index in [4.69, 9.17) is 5.73 Å². The van der Waals surface area contributed by atoms with Crippen LogP contribution in [-0.4, -0.2) is 30.6 Å². The van der Waals surface area contributed by atoms with Crippen molar-refractivity contribution in [1.29, 1.82) is 0 Å². The van der Waals surface area contributed by atoms with Gasteiger partial charge in [-0.25, -0.2) is 0 Å². The predicted octanol–water partition coefficient (Wildman–Crippen LogP) is 2.48. The van der Waals surface area contributed by atoms with Crippen molar-refractivity contribution in [1.82, 2.24) is 4.90 Å². The Morgan fingerprint density at radius 3 is 1.71 bits per heavy atom. The third-order valence-electron chi connectivity index (χ3n) is 2.38. The van der Waals surface area contributed by atoms with Gasteiger partial charge in [0.2, 0.25) is 0 Å². The van der Waals surface area contributed by atoms with Crippen LogP contribution >= 0.6 is 0 Å². The molecule has 0 aliphatic heterocycles. The summed E-state index contributed by atoms with van der Waals surface area (Å²) in [4.78, 5) is 2.37. The molecular formula is C12H28N2. The lowest BCUT2D eigenvalue weighted by Crippen LogP contribution is -2.37. The van der Waals surface area contributed by atoms with E-state index >= 15 is 0 Å². The highest BCUT2D eigenvalue weighted by molar-refractivity contribution is 4.73. The zero-order valence-electron chi connectivity index (χ0n) is 10.9. The lowest BCUT2D eigenvalue weighted by Gasteiger charge is -2.26. The van der Waals surface area contributed by atoms with Gasteiger partial charge in [-0.3, -0.25) is 0 Å². The minimum Gasteiger partial charge on any atom is -0.326 e. The molecule has 0 saturated heterocycles. The highest BCUT2D eigenvalue weighted by Crippen LogP contribution is 2.18. The third kappa shape index (κ3) is 10.0. The van der Waals surface area contributed by atoms with Crippen molar-refractivity contribution >= 4 is 0 Å². The van der Waals surface area contributed by atoms with Crippen LogP contribution in [0.4, 0.5) is 0 Å². The maximum Gasteiger partial charge on any atom is 0.0109 e.